The first-order valence-corrected chi connectivity index (χ1v) is 8.51. The minimum Gasteiger partial charge on any atom is -0.396 e. The number of sulfonamides is 1. The minimum atomic E-state index is -3.47. The Hall–Kier alpha value is -1.28. The summed E-state index contributed by atoms with van der Waals surface area (Å²) < 4.78 is 27.0. The van der Waals surface area contributed by atoms with E-state index in [9.17, 15) is 8.42 Å². The van der Waals surface area contributed by atoms with Crippen LogP contribution in [0.5, 0.6) is 0 Å². The van der Waals surface area contributed by atoms with E-state index in [1.54, 1.807) is 18.3 Å². The van der Waals surface area contributed by atoms with Gasteiger partial charge in [0.2, 0.25) is 10.0 Å². The van der Waals surface area contributed by atoms with Gasteiger partial charge in [-0.3, -0.25) is 4.98 Å². The van der Waals surface area contributed by atoms with E-state index >= 15 is 0 Å². The summed E-state index contributed by atoms with van der Waals surface area (Å²) in [5.41, 5.74) is 0.849. The minimum absolute atomic E-state index is 0.0209. The van der Waals surface area contributed by atoms with Crippen LogP contribution >= 0.6 is 11.3 Å². The average molecular weight is 312 g/mol. The zero-order chi connectivity index (χ0) is 14.4. The van der Waals surface area contributed by atoms with Crippen LogP contribution in [0.25, 0.3) is 0 Å². The number of rotatable bonds is 7. The summed E-state index contributed by atoms with van der Waals surface area (Å²) in [6.45, 7) is 0.333. The highest BCUT2D eigenvalue weighted by molar-refractivity contribution is 7.91. The Kier molecular flexibility index (Phi) is 5.24. The predicted molar refractivity (Wildman–Crippen MR) is 78.2 cm³/mol. The van der Waals surface area contributed by atoms with Gasteiger partial charge in [0, 0.05) is 42.8 Å². The fourth-order valence-corrected chi connectivity index (χ4v) is 4.10. The Morgan fingerprint density at radius 2 is 2.05 bits per heavy atom. The predicted octanol–water partition coefficient (Wildman–Crippen LogP) is 1.20. The third-order valence-corrected chi connectivity index (χ3v) is 5.76. The molecule has 2 aromatic heterocycles. The summed E-state index contributed by atoms with van der Waals surface area (Å²) in [5.74, 6) is 0. The quantitative estimate of drug-likeness (QED) is 0.805. The molecule has 0 spiro atoms. The molecule has 20 heavy (non-hydrogen) atoms. The number of pyridine rings is 1. The highest BCUT2D eigenvalue weighted by Crippen LogP contribution is 2.21. The van der Waals surface area contributed by atoms with Crippen molar-refractivity contribution in [3.8, 4) is 0 Å². The highest BCUT2D eigenvalue weighted by atomic mass is 32.2. The molecule has 5 nitrogen and oxygen atoms in total. The summed E-state index contributed by atoms with van der Waals surface area (Å²) in [7, 11) is -3.47. The second-order valence-corrected chi connectivity index (χ2v) is 7.33. The number of aliphatic hydroxyl groups is 1. The normalized spacial score (nSPS) is 11.7. The van der Waals surface area contributed by atoms with Crippen LogP contribution in [-0.2, 0) is 22.9 Å². The van der Waals surface area contributed by atoms with Crippen LogP contribution in [0.15, 0.2) is 40.7 Å². The molecule has 0 radical (unpaired) electrons. The molecule has 0 bridgehead atoms. The van der Waals surface area contributed by atoms with Gasteiger partial charge in [0.1, 0.15) is 4.21 Å². The Labute approximate surface area is 122 Å². The van der Waals surface area contributed by atoms with E-state index in [1.807, 2.05) is 18.2 Å². The number of aliphatic hydroxyl groups excluding tert-OH is 1. The Morgan fingerprint density at radius 3 is 2.75 bits per heavy atom. The van der Waals surface area contributed by atoms with Crippen LogP contribution < -0.4 is 4.72 Å². The van der Waals surface area contributed by atoms with E-state index < -0.39 is 10.0 Å². The van der Waals surface area contributed by atoms with Gasteiger partial charge in [0.15, 0.2) is 0 Å². The van der Waals surface area contributed by atoms with E-state index in [0.717, 1.165) is 10.6 Å². The molecule has 0 saturated carbocycles. The van der Waals surface area contributed by atoms with E-state index in [0.29, 0.717) is 19.4 Å². The van der Waals surface area contributed by atoms with Crippen LogP contribution in [0.2, 0.25) is 0 Å². The molecule has 2 N–H and O–H groups in total. The maximum Gasteiger partial charge on any atom is 0.250 e. The topological polar surface area (TPSA) is 79.3 Å². The van der Waals surface area contributed by atoms with Crippen LogP contribution in [0.4, 0.5) is 0 Å². The van der Waals surface area contributed by atoms with Gasteiger partial charge in [-0.25, -0.2) is 13.1 Å². The van der Waals surface area contributed by atoms with Crippen LogP contribution in [-0.4, -0.2) is 31.7 Å². The zero-order valence-corrected chi connectivity index (χ0v) is 12.5. The van der Waals surface area contributed by atoms with E-state index in [-0.39, 0.29) is 10.8 Å². The Bertz CT molecular complexity index is 639. The first-order valence-electron chi connectivity index (χ1n) is 6.21. The van der Waals surface area contributed by atoms with Crippen molar-refractivity contribution in [1.29, 1.82) is 0 Å². The summed E-state index contributed by atoms with van der Waals surface area (Å²) in [6, 6.07) is 8.85. The molecule has 108 valence electrons. The molecule has 7 heteroatoms. The molecule has 0 aliphatic rings. The number of thiophene rings is 1. The lowest BCUT2D eigenvalue weighted by atomic mass is 10.3. The molecule has 0 atom stereocenters. The molecule has 0 unspecified atom stereocenters. The Balaban J connectivity index is 1.93. The largest absolute Gasteiger partial charge is 0.396 e. The van der Waals surface area contributed by atoms with Gasteiger partial charge < -0.3 is 5.11 Å². The van der Waals surface area contributed by atoms with Crippen molar-refractivity contribution in [3.63, 3.8) is 0 Å². The molecule has 0 aliphatic carbocycles. The van der Waals surface area contributed by atoms with E-state index in [1.165, 1.54) is 11.3 Å². The molecule has 2 rings (SSSR count). The SMILES string of the molecule is O=S(=O)(NCCc1ccccn1)c1ccc(CCO)s1. The third kappa shape index (κ3) is 4.11. The fourth-order valence-electron chi connectivity index (χ4n) is 1.68. The van der Waals surface area contributed by atoms with Gasteiger partial charge in [-0.05, 0) is 24.3 Å². The lowest BCUT2D eigenvalue weighted by Crippen LogP contribution is -2.25. The van der Waals surface area contributed by atoms with Gasteiger partial charge in [0.25, 0.3) is 0 Å². The average Bonchev–Trinajstić information content (AvgIpc) is 2.90. The van der Waals surface area contributed by atoms with Gasteiger partial charge >= 0.3 is 0 Å². The first-order chi connectivity index (χ1) is 9.62. The van der Waals surface area contributed by atoms with Crippen LogP contribution in [0.1, 0.15) is 10.6 Å². The Morgan fingerprint density at radius 1 is 1.20 bits per heavy atom. The lowest BCUT2D eigenvalue weighted by molar-refractivity contribution is 0.300. The number of nitrogens with zero attached hydrogens (tertiary/aromatic N) is 1. The summed E-state index contributed by atoms with van der Waals surface area (Å²) in [4.78, 5) is 5.00. The fraction of sp³-hybridized carbons (Fsp3) is 0.308. The van der Waals surface area contributed by atoms with Crippen molar-refractivity contribution in [1.82, 2.24) is 9.71 Å². The number of hydrogen-bond donors (Lipinski definition) is 2. The summed E-state index contributed by atoms with van der Waals surface area (Å²) in [6.07, 6.45) is 2.72. The van der Waals surface area contributed by atoms with Crippen molar-refractivity contribution >= 4 is 21.4 Å². The number of aromatic nitrogens is 1. The third-order valence-electron chi connectivity index (χ3n) is 2.66. The van der Waals surface area contributed by atoms with Crippen molar-refractivity contribution in [3.05, 3.63) is 47.1 Å². The maximum atomic E-state index is 12.1. The molecule has 2 aromatic rings. The number of nitrogens with one attached hydrogen (secondary N) is 1. The van der Waals surface area contributed by atoms with E-state index in [4.69, 9.17) is 5.11 Å². The van der Waals surface area contributed by atoms with Crippen molar-refractivity contribution < 1.29 is 13.5 Å². The first kappa shape index (κ1) is 15.1. The highest BCUT2D eigenvalue weighted by Gasteiger charge is 2.16. The monoisotopic (exact) mass is 312 g/mol. The molecule has 0 fully saturated rings. The molecular formula is C13H16N2O3S2. The second-order valence-electron chi connectivity index (χ2n) is 4.16. The molecule has 2 heterocycles. The maximum absolute atomic E-state index is 12.1. The molecule has 0 amide bonds. The van der Waals surface area contributed by atoms with Gasteiger partial charge in [-0.15, -0.1) is 11.3 Å². The number of hydrogen-bond acceptors (Lipinski definition) is 5. The molecule has 0 aliphatic heterocycles. The molecule has 0 aromatic carbocycles. The van der Waals surface area contributed by atoms with Crippen molar-refractivity contribution in [2.75, 3.05) is 13.2 Å². The van der Waals surface area contributed by atoms with Crippen molar-refractivity contribution in [2.45, 2.75) is 17.1 Å². The van der Waals surface area contributed by atoms with Gasteiger partial charge in [0.05, 0.1) is 0 Å². The van der Waals surface area contributed by atoms with Crippen LogP contribution in [0.3, 0.4) is 0 Å². The summed E-state index contributed by atoms with van der Waals surface area (Å²) >= 11 is 1.18. The second kappa shape index (κ2) is 6.94. The standard InChI is InChI=1S/C13H16N2O3S2/c16-10-7-12-4-5-13(19-12)20(17,18)15-9-6-11-3-1-2-8-14-11/h1-5,8,15-16H,6-7,9-10H2. The zero-order valence-electron chi connectivity index (χ0n) is 10.8. The van der Waals surface area contributed by atoms with Gasteiger partial charge in [-0.1, -0.05) is 6.07 Å². The lowest BCUT2D eigenvalue weighted by Gasteiger charge is -2.04. The summed E-state index contributed by atoms with van der Waals surface area (Å²) in [5, 5.41) is 8.83. The van der Waals surface area contributed by atoms with Crippen LogP contribution in [0, 0.1) is 0 Å². The van der Waals surface area contributed by atoms with Gasteiger partial charge in [-0.2, -0.15) is 0 Å². The molecule has 0 saturated heterocycles. The van der Waals surface area contributed by atoms with Crippen molar-refractivity contribution in [2.24, 2.45) is 0 Å². The van der Waals surface area contributed by atoms with E-state index in [2.05, 4.69) is 9.71 Å². The smallest absolute Gasteiger partial charge is 0.250 e. The molecular weight excluding hydrogens is 296 g/mol.